The van der Waals surface area contributed by atoms with E-state index in [1.807, 2.05) is 0 Å². The molecular formula is C28H39ClF2N4O3. The normalized spacial score (nSPS) is 37.8. The minimum atomic E-state index is -1.07. The van der Waals surface area contributed by atoms with E-state index in [2.05, 4.69) is 17.8 Å². The molecule has 5 aliphatic rings. The molecule has 0 N–H and O–H groups in total. The molecule has 8 atom stereocenters. The highest BCUT2D eigenvalue weighted by atomic mass is 35.5. The van der Waals surface area contributed by atoms with Gasteiger partial charge in [0.15, 0.2) is 0 Å². The number of fused-ring (bicyclic) bond motifs is 1. The van der Waals surface area contributed by atoms with E-state index in [0.29, 0.717) is 12.5 Å². The summed E-state index contributed by atoms with van der Waals surface area (Å²) in [7, 11) is 0. The number of rotatable bonds is 7. The third-order valence-electron chi connectivity index (χ3n) is 9.04. The predicted molar refractivity (Wildman–Crippen MR) is 138 cm³/mol. The molecule has 3 saturated carbocycles. The standard InChI is InChI=1S/C21H31FN2O2.C7H8ClFN2O/c1-21(5-4-20(25)24-12-17(22)8-18(24)11-23)9-15-6-19(7-16(15)10-21)26-13-14-2-3-14;1-10-6-2-5(9)4-11(6)7(12)3-8/h14-19H,2-10,12-13H2,1H3;5-6H,2-4H2/t15-,16+,17-,18-,19?,21?;5-,6-/m00/s1. The van der Waals surface area contributed by atoms with Crippen LogP contribution in [0.2, 0.25) is 0 Å². The number of hydrogen-bond acceptors (Lipinski definition) is 4. The summed E-state index contributed by atoms with van der Waals surface area (Å²) in [6.07, 6.45) is 6.72. The summed E-state index contributed by atoms with van der Waals surface area (Å²) in [5, 5.41) is 9.13. The van der Waals surface area contributed by atoms with E-state index >= 15 is 0 Å². The average Bonchev–Trinajstić information content (AvgIpc) is 3.18. The van der Waals surface area contributed by atoms with E-state index in [-0.39, 0.29) is 49.0 Å². The SMILES string of the molecule is CC1(CCC(=O)N2C[C@@H](F)C[C@H]2C#N)C[C@H]2CC(OCC3CC3)C[C@H]2C1.[C-]#[N+][C@@H]1C[C@H](F)CN1C(=O)CCl. The highest BCUT2D eigenvalue weighted by Crippen LogP contribution is 2.55. The summed E-state index contributed by atoms with van der Waals surface area (Å²) in [6.45, 7) is 10.1. The summed E-state index contributed by atoms with van der Waals surface area (Å²) in [5.74, 6) is 1.73. The zero-order valence-electron chi connectivity index (χ0n) is 22.2. The highest BCUT2D eigenvalue weighted by Gasteiger charge is 2.48. The summed E-state index contributed by atoms with van der Waals surface area (Å²) < 4.78 is 32.4. The molecule has 0 radical (unpaired) electrons. The van der Waals surface area contributed by atoms with Crippen LogP contribution < -0.4 is 0 Å². The maximum atomic E-state index is 13.5. The first-order chi connectivity index (χ1) is 18.1. The lowest BCUT2D eigenvalue weighted by Crippen LogP contribution is -2.35. The molecule has 5 rings (SSSR count). The highest BCUT2D eigenvalue weighted by molar-refractivity contribution is 6.27. The Kier molecular flexibility index (Phi) is 9.53. The van der Waals surface area contributed by atoms with Gasteiger partial charge < -0.3 is 9.64 Å². The van der Waals surface area contributed by atoms with E-state index in [9.17, 15) is 18.4 Å². The van der Waals surface area contributed by atoms with Crippen molar-refractivity contribution >= 4 is 23.4 Å². The van der Waals surface area contributed by atoms with Crippen molar-refractivity contribution in [2.45, 2.75) is 102 Å². The first-order valence-corrected chi connectivity index (χ1v) is 14.5. The van der Waals surface area contributed by atoms with Crippen LogP contribution in [0.4, 0.5) is 8.78 Å². The van der Waals surface area contributed by atoms with Gasteiger partial charge in [-0.1, -0.05) is 6.92 Å². The number of hydrogen-bond donors (Lipinski definition) is 0. The van der Waals surface area contributed by atoms with Gasteiger partial charge in [-0.25, -0.2) is 15.4 Å². The van der Waals surface area contributed by atoms with Crippen molar-refractivity contribution in [2.75, 3.05) is 25.6 Å². The fourth-order valence-electron chi connectivity index (χ4n) is 6.87. The zero-order chi connectivity index (χ0) is 27.4. The molecule has 0 aromatic carbocycles. The molecule has 0 aromatic heterocycles. The van der Waals surface area contributed by atoms with Crippen LogP contribution in [0.15, 0.2) is 0 Å². The minimum absolute atomic E-state index is 0.0125. The van der Waals surface area contributed by atoms with Crippen molar-refractivity contribution in [3.63, 3.8) is 0 Å². The summed E-state index contributed by atoms with van der Waals surface area (Å²) in [6, 6.07) is 1.50. The van der Waals surface area contributed by atoms with E-state index < -0.39 is 24.6 Å². The van der Waals surface area contributed by atoms with Gasteiger partial charge in [-0.3, -0.25) is 19.3 Å². The minimum Gasteiger partial charge on any atom is -0.378 e. The first kappa shape index (κ1) is 29.0. The second-order valence-electron chi connectivity index (χ2n) is 12.3. The van der Waals surface area contributed by atoms with Gasteiger partial charge in [-0.05, 0) is 68.1 Å². The summed E-state index contributed by atoms with van der Waals surface area (Å²) >= 11 is 5.29. The number of nitrogens with zero attached hydrogens (tertiary/aromatic N) is 4. The first-order valence-electron chi connectivity index (χ1n) is 14.0. The van der Waals surface area contributed by atoms with Gasteiger partial charge in [0.1, 0.15) is 24.3 Å². The quantitative estimate of drug-likeness (QED) is 0.333. The van der Waals surface area contributed by atoms with Crippen molar-refractivity contribution in [1.29, 1.82) is 5.26 Å². The third-order valence-corrected chi connectivity index (χ3v) is 9.27. The topological polar surface area (TPSA) is 78.0 Å². The van der Waals surface area contributed by atoms with Crippen molar-refractivity contribution in [2.24, 2.45) is 23.2 Å². The molecule has 2 unspecified atom stereocenters. The van der Waals surface area contributed by atoms with Crippen molar-refractivity contribution in [3.8, 4) is 6.07 Å². The second-order valence-corrected chi connectivity index (χ2v) is 12.5. The van der Waals surface area contributed by atoms with Gasteiger partial charge in [0.2, 0.25) is 11.8 Å². The Morgan fingerprint density at radius 2 is 1.71 bits per heavy atom. The number of nitriles is 1. The van der Waals surface area contributed by atoms with Crippen LogP contribution in [0.25, 0.3) is 4.85 Å². The lowest BCUT2D eigenvalue weighted by Gasteiger charge is -2.27. The maximum absolute atomic E-state index is 13.5. The Bertz CT molecular complexity index is 937. The van der Waals surface area contributed by atoms with Gasteiger partial charge in [0.25, 0.3) is 0 Å². The number of likely N-dealkylation sites (tertiary alicyclic amines) is 2. The number of amides is 2. The fourth-order valence-corrected chi connectivity index (χ4v) is 7.02. The van der Waals surface area contributed by atoms with Gasteiger partial charge in [-0.15, -0.1) is 11.6 Å². The van der Waals surface area contributed by atoms with Gasteiger partial charge in [-0.2, -0.15) is 5.26 Å². The van der Waals surface area contributed by atoms with Crippen molar-refractivity contribution in [3.05, 3.63) is 11.4 Å². The summed E-state index contributed by atoms with van der Waals surface area (Å²) in [5.41, 5.74) is 0.212. The molecule has 7 nitrogen and oxygen atoms in total. The molecule has 3 aliphatic carbocycles. The smallest absolute Gasteiger partial charge is 0.303 e. The van der Waals surface area contributed by atoms with Crippen molar-refractivity contribution < 1.29 is 23.1 Å². The van der Waals surface area contributed by atoms with Gasteiger partial charge in [0.05, 0.1) is 31.7 Å². The molecule has 5 fully saturated rings. The van der Waals surface area contributed by atoms with Gasteiger partial charge >= 0.3 is 6.17 Å². The number of halogens is 3. The maximum Gasteiger partial charge on any atom is 0.303 e. The van der Waals surface area contributed by atoms with Crippen LogP contribution in [0.3, 0.4) is 0 Å². The molecule has 0 aromatic rings. The Hall–Kier alpha value is -1.97. The second kappa shape index (κ2) is 12.5. The lowest BCUT2D eigenvalue weighted by molar-refractivity contribution is -0.132. The summed E-state index contributed by atoms with van der Waals surface area (Å²) in [4.78, 5) is 29.3. The van der Waals surface area contributed by atoms with Crippen LogP contribution in [0.5, 0.6) is 0 Å². The third kappa shape index (κ3) is 7.16. The molecule has 2 heterocycles. The Morgan fingerprint density at radius 1 is 1.08 bits per heavy atom. The molecule has 0 spiro atoms. The lowest BCUT2D eigenvalue weighted by atomic mass is 9.81. The Labute approximate surface area is 229 Å². The van der Waals surface area contributed by atoms with Crippen LogP contribution in [-0.4, -0.2) is 77.8 Å². The van der Waals surface area contributed by atoms with E-state index in [1.165, 1.54) is 48.3 Å². The molecule has 2 saturated heterocycles. The molecule has 38 heavy (non-hydrogen) atoms. The average molecular weight is 553 g/mol. The van der Waals surface area contributed by atoms with Gasteiger partial charge in [0, 0.05) is 19.4 Å². The molecule has 0 bridgehead atoms. The van der Waals surface area contributed by atoms with Crippen LogP contribution in [0.1, 0.15) is 71.1 Å². The predicted octanol–water partition coefficient (Wildman–Crippen LogP) is 4.89. The molecular weight excluding hydrogens is 514 g/mol. The van der Waals surface area contributed by atoms with Crippen molar-refractivity contribution in [1.82, 2.24) is 9.80 Å². The van der Waals surface area contributed by atoms with E-state index in [4.69, 9.17) is 28.2 Å². The van der Waals surface area contributed by atoms with Crippen LogP contribution in [-0.2, 0) is 14.3 Å². The Morgan fingerprint density at radius 3 is 2.29 bits per heavy atom. The molecule has 10 heteroatoms. The zero-order valence-corrected chi connectivity index (χ0v) is 22.9. The van der Waals surface area contributed by atoms with Crippen LogP contribution in [0, 0.1) is 41.1 Å². The fraction of sp³-hybridized carbons (Fsp3) is 0.857. The Balaban J connectivity index is 0.000000236. The molecule has 210 valence electrons. The number of alkyl halides is 3. The molecule has 2 amide bonds. The van der Waals surface area contributed by atoms with Crippen LogP contribution >= 0.6 is 11.6 Å². The van der Waals surface area contributed by atoms with E-state index in [1.54, 1.807) is 0 Å². The monoisotopic (exact) mass is 552 g/mol. The number of carbonyl (C=O) groups excluding carboxylic acids is 2. The molecule has 2 aliphatic heterocycles. The van der Waals surface area contributed by atoms with E-state index in [0.717, 1.165) is 30.8 Å². The number of carbonyl (C=O) groups is 2. The number of ether oxygens (including phenoxy) is 1. The largest absolute Gasteiger partial charge is 0.378 e.